The Balaban J connectivity index is 2.01. The van der Waals surface area contributed by atoms with Crippen molar-refractivity contribution in [3.63, 3.8) is 0 Å². The van der Waals surface area contributed by atoms with Crippen molar-refractivity contribution < 1.29 is 4.74 Å². The van der Waals surface area contributed by atoms with Gasteiger partial charge < -0.3 is 4.74 Å². The van der Waals surface area contributed by atoms with Gasteiger partial charge in [0.05, 0.1) is 6.61 Å². The molecule has 114 valence electrons. The fourth-order valence-electron chi connectivity index (χ4n) is 2.33. The summed E-state index contributed by atoms with van der Waals surface area (Å²) in [6.07, 6.45) is 4.65. The molecule has 0 radical (unpaired) electrons. The maximum Gasteiger partial charge on any atom is 0.119 e. The number of hydrogen-bond acceptors (Lipinski definition) is 4. The molecule has 0 bridgehead atoms. The van der Waals surface area contributed by atoms with Gasteiger partial charge in [-0.05, 0) is 43.0 Å². The highest BCUT2D eigenvalue weighted by atomic mass is 16.5. The van der Waals surface area contributed by atoms with E-state index in [2.05, 4.69) is 29.6 Å². The number of aryl methyl sites for hydroxylation is 2. The third-order valence-corrected chi connectivity index (χ3v) is 3.55. The van der Waals surface area contributed by atoms with E-state index < -0.39 is 0 Å². The van der Waals surface area contributed by atoms with E-state index in [-0.39, 0.29) is 6.04 Å². The standard InChI is InChI=1S/C16H24N4O/c1-3-11-21-15-6-4-5-13(12-15)16(19-17)8-7-14-9-10-18-20(14)2/h4-6,9-10,12,16,19H,3,7-8,11,17H2,1-2H3. The summed E-state index contributed by atoms with van der Waals surface area (Å²) in [4.78, 5) is 0. The summed E-state index contributed by atoms with van der Waals surface area (Å²) < 4.78 is 7.57. The lowest BCUT2D eigenvalue weighted by atomic mass is 10.0. The lowest BCUT2D eigenvalue weighted by Gasteiger charge is -2.17. The highest BCUT2D eigenvalue weighted by Crippen LogP contribution is 2.22. The van der Waals surface area contributed by atoms with Crippen molar-refractivity contribution in [2.45, 2.75) is 32.2 Å². The number of nitrogens with zero attached hydrogens (tertiary/aromatic N) is 2. The first kappa shape index (κ1) is 15.5. The largest absolute Gasteiger partial charge is 0.494 e. The van der Waals surface area contributed by atoms with E-state index in [9.17, 15) is 0 Å². The summed E-state index contributed by atoms with van der Waals surface area (Å²) in [5, 5.41) is 4.19. The maximum absolute atomic E-state index is 5.72. The Morgan fingerprint density at radius 2 is 2.24 bits per heavy atom. The van der Waals surface area contributed by atoms with Crippen LogP contribution >= 0.6 is 0 Å². The molecule has 0 saturated carbocycles. The quantitative estimate of drug-likeness (QED) is 0.578. The summed E-state index contributed by atoms with van der Waals surface area (Å²) in [6.45, 7) is 2.83. The van der Waals surface area contributed by atoms with Crippen LogP contribution in [0.15, 0.2) is 36.5 Å². The lowest BCUT2D eigenvalue weighted by Crippen LogP contribution is -2.28. The molecular weight excluding hydrogens is 264 g/mol. The van der Waals surface area contributed by atoms with Gasteiger partial charge in [0.15, 0.2) is 0 Å². The van der Waals surface area contributed by atoms with Gasteiger partial charge >= 0.3 is 0 Å². The second kappa shape index (κ2) is 7.81. The maximum atomic E-state index is 5.72. The fraction of sp³-hybridized carbons (Fsp3) is 0.438. The van der Waals surface area contributed by atoms with Crippen LogP contribution in [0, 0.1) is 0 Å². The molecule has 1 atom stereocenters. The Morgan fingerprint density at radius 3 is 2.90 bits per heavy atom. The number of benzene rings is 1. The molecule has 2 rings (SSSR count). The zero-order valence-corrected chi connectivity index (χ0v) is 12.7. The zero-order valence-electron chi connectivity index (χ0n) is 12.7. The minimum absolute atomic E-state index is 0.102. The molecule has 0 aliphatic carbocycles. The zero-order chi connectivity index (χ0) is 15.1. The highest BCUT2D eigenvalue weighted by Gasteiger charge is 2.11. The van der Waals surface area contributed by atoms with Crippen LogP contribution in [0.5, 0.6) is 5.75 Å². The first-order chi connectivity index (χ1) is 10.2. The van der Waals surface area contributed by atoms with Crippen LogP contribution in [-0.4, -0.2) is 16.4 Å². The minimum Gasteiger partial charge on any atom is -0.494 e. The van der Waals surface area contributed by atoms with Gasteiger partial charge in [0.25, 0.3) is 0 Å². The van der Waals surface area contributed by atoms with E-state index in [1.165, 1.54) is 5.69 Å². The Kier molecular flexibility index (Phi) is 5.78. The van der Waals surface area contributed by atoms with E-state index >= 15 is 0 Å². The van der Waals surface area contributed by atoms with Crippen LogP contribution in [0.2, 0.25) is 0 Å². The van der Waals surface area contributed by atoms with Crippen molar-refractivity contribution >= 4 is 0 Å². The van der Waals surface area contributed by atoms with Crippen molar-refractivity contribution in [2.75, 3.05) is 6.61 Å². The molecule has 2 aromatic rings. The average Bonchev–Trinajstić information content (AvgIpc) is 2.92. The molecule has 1 aromatic heterocycles. The molecule has 0 amide bonds. The third kappa shape index (κ3) is 4.31. The summed E-state index contributed by atoms with van der Waals surface area (Å²) in [5.41, 5.74) is 5.25. The molecule has 0 aliphatic rings. The molecule has 0 spiro atoms. The van der Waals surface area contributed by atoms with E-state index in [1.807, 2.05) is 36.1 Å². The number of nitrogens with two attached hydrogens (primary N) is 1. The Bertz CT molecular complexity index is 553. The summed E-state index contributed by atoms with van der Waals surface area (Å²) >= 11 is 0. The van der Waals surface area contributed by atoms with Crippen molar-refractivity contribution in [1.82, 2.24) is 15.2 Å². The second-order valence-corrected chi connectivity index (χ2v) is 5.13. The van der Waals surface area contributed by atoms with Gasteiger partial charge in [0, 0.05) is 25.0 Å². The Morgan fingerprint density at radius 1 is 1.38 bits per heavy atom. The Hall–Kier alpha value is -1.85. The van der Waals surface area contributed by atoms with Crippen LogP contribution in [0.4, 0.5) is 0 Å². The van der Waals surface area contributed by atoms with E-state index in [0.717, 1.165) is 37.2 Å². The Labute approximate surface area is 126 Å². The molecule has 5 nitrogen and oxygen atoms in total. The second-order valence-electron chi connectivity index (χ2n) is 5.13. The number of ether oxygens (including phenoxy) is 1. The summed E-state index contributed by atoms with van der Waals surface area (Å²) in [6, 6.07) is 10.3. The van der Waals surface area contributed by atoms with Crippen LogP contribution in [0.3, 0.4) is 0 Å². The van der Waals surface area contributed by atoms with Gasteiger partial charge in [-0.1, -0.05) is 19.1 Å². The molecule has 5 heteroatoms. The molecule has 0 saturated heterocycles. The fourth-order valence-corrected chi connectivity index (χ4v) is 2.33. The monoisotopic (exact) mass is 288 g/mol. The number of rotatable bonds is 8. The molecule has 1 aromatic carbocycles. The van der Waals surface area contributed by atoms with Gasteiger partial charge in [0.2, 0.25) is 0 Å². The topological polar surface area (TPSA) is 65.1 Å². The lowest BCUT2D eigenvalue weighted by molar-refractivity contribution is 0.316. The number of aromatic nitrogens is 2. The van der Waals surface area contributed by atoms with E-state index in [4.69, 9.17) is 10.6 Å². The van der Waals surface area contributed by atoms with Gasteiger partial charge in [0.1, 0.15) is 5.75 Å². The SMILES string of the molecule is CCCOc1cccc(C(CCc2ccnn2C)NN)c1. The van der Waals surface area contributed by atoms with Crippen LogP contribution < -0.4 is 16.0 Å². The smallest absolute Gasteiger partial charge is 0.119 e. The molecule has 1 heterocycles. The van der Waals surface area contributed by atoms with Gasteiger partial charge in [-0.2, -0.15) is 5.10 Å². The summed E-state index contributed by atoms with van der Waals surface area (Å²) in [7, 11) is 1.96. The molecular formula is C16H24N4O. The predicted molar refractivity (Wildman–Crippen MR) is 83.8 cm³/mol. The van der Waals surface area contributed by atoms with Crippen molar-refractivity contribution in [1.29, 1.82) is 0 Å². The number of hydrogen-bond donors (Lipinski definition) is 2. The van der Waals surface area contributed by atoms with Crippen LogP contribution in [0.25, 0.3) is 0 Å². The van der Waals surface area contributed by atoms with Crippen LogP contribution in [0.1, 0.15) is 37.1 Å². The molecule has 3 N–H and O–H groups in total. The third-order valence-electron chi connectivity index (χ3n) is 3.55. The predicted octanol–water partition coefficient (Wildman–Crippen LogP) is 2.35. The number of nitrogens with one attached hydrogen (secondary N) is 1. The van der Waals surface area contributed by atoms with Gasteiger partial charge in [-0.25, -0.2) is 0 Å². The van der Waals surface area contributed by atoms with Gasteiger partial charge in [-0.3, -0.25) is 16.0 Å². The normalized spacial score (nSPS) is 12.3. The van der Waals surface area contributed by atoms with Crippen molar-refractivity contribution in [2.24, 2.45) is 12.9 Å². The van der Waals surface area contributed by atoms with Crippen molar-refractivity contribution in [3.8, 4) is 5.75 Å². The molecule has 1 unspecified atom stereocenters. The number of hydrazine groups is 1. The van der Waals surface area contributed by atoms with Gasteiger partial charge in [-0.15, -0.1) is 0 Å². The first-order valence-electron chi connectivity index (χ1n) is 7.40. The van der Waals surface area contributed by atoms with E-state index in [0.29, 0.717) is 0 Å². The van der Waals surface area contributed by atoms with E-state index in [1.54, 1.807) is 0 Å². The van der Waals surface area contributed by atoms with Crippen LogP contribution in [-0.2, 0) is 13.5 Å². The first-order valence-corrected chi connectivity index (χ1v) is 7.40. The summed E-state index contributed by atoms with van der Waals surface area (Å²) in [5.74, 6) is 6.62. The van der Waals surface area contributed by atoms with Crippen molar-refractivity contribution in [3.05, 3.63) is 47.8 Å². The molecule has 0 aliphatic heterocycles. The molecule has 0 fully saturated rings. The molecule has 21 heavy (non-hydrogen) atoms. The minimum atomic E-state index is 0.102. The average molecular weight is 288 g/mol. The highest BCUT2D eigenvalue weighted by molar-refractivity contribution is 5.30.